The van der Waals surface area contributed by atoms with Crippen molar-refractivity contribution in [1.82, 2.24) is 5.32 Å². The van der Waals surface area contributed by atoms with Crippen LogP contribution >= 0.6 is 0 Å². The zero-order valence-corrected chi connectivity index (χ0v) is 16.9. The van der Waals surface area contributed by atoms with Crippen molar-refractivity contribution in [2.45, 2.75) is 39.5 Å². The molecule has 1 aliphatic carbocycles. The molecule has 0 bridgehead atoms. The molecular weight excluding hydrogens is 354 g/mol. The number of dihydropyridines is 1. The second-order valence-corrected chi connectivity index (χ2v) is 8.09. The van der Waals surface area contributed by atoms with E-state index >= 15 is 0 Å². The van der Waals surface area contributed by atoms with Gasteiger partial charge in [0.05, 0.1) is 12.7 Å². The zero-order chi connectivity index (χ0) is 20.5. The summed E-state index contributed by atoms with van der Waals surface area (Å²) in [7, 11) is 1.60. The fraction of sp³-hybridized carbons (Fsp3) is 0.391. The smallest absolute Gasteiger partial charge is 0.337 e. The van der Waals surface area contributed by atoms with E-state index in [1.165, 1.54) is 6.08 Å². The molecule has 3 rings (SSSR count). The SMILES string of the molecule is C=CCOC(=O)C1=C(C)NC2=C(C(=O)CC(C)(C)C2)[C@@H]1c1cccc(OC)c1. The van der Waals surface area contributed by atoms with E-state index in [0.29, 0.717) is 29.0 Å². The zero-order valence-electron chi connectivity index (χ0n) is 16.9. The highest BCUT2D eigenvalue weighted by molar-refractivity contribution is 6.04. The van der Waals surface area contributed by atoms with Gasteiger partial charge in [0.15, 0.2) is 5.78 Å². The molecule has 148 valence electrons. The molecule has 1 heterocycles. The topological polar surface area (TPSA) is 64.6 Å². The standard InChI is InChI=1S/C23H27NO4/c1-6-10-28-22(26)19-14(2)24-17-12-23(3,4)13-18(25)21(17)20(19)15-8-7-9-16(11-15)27-5/h6-9,11,20,24H,1,10,12-13H2,2-5H3/t20-/m1/s1. The van der Waals surface area contributed by atoms with Gasteiger partial charge >= 0.3 is 5.97 Å². The average Bonchev–Trinajstić information content (AvgIpc) is 2.64. The highest BCUT2D eigenvalue weighted by Crippen LogP contribution is 2.47. The maximum Gasteiger partial charge on any atom is 0.337 e. The Hall–Kier alpha value is -2.82. The first kappa shape index (κ1) is 19.9. The molecule has 0 fully saturated rings. The summed E-state index contributed by atoms with van der Waals surface area (Å²) in [6.45, 7) is 9.75. The summed E-state index contributed by atoms with van der Waals surface area (Å²) < 4.78 is 10.7. The lowest BCUT2D eigenvalue weighted by Gasteiger charge is -2.39. The Morgan fingerprint density at radius 3 is 2.79 bits per heavy atom. The van der Waals surface area contributed by atoms with Crippen LogP contribution in [0.3, 0.4) is 0 Å². The quantitative estimate of drug-likeness (QED) is 0.616. The van der Waals surface area contributed by atoms with Gasteiger partial charge in [-0.1, -0.05) is 38.6 Å². The maximum absolute atomic E-state index is 13.2. The summed E-state index contributed by atoms with van der Waals surface area (Å²) in [5.74, 6) is -0.180. The molecule has 1 atom stereocenters. The Morgan fingerprint density at radius 2 is 2.11 bits per heavy atom. The van der Waals surface area contributed by atoms with E-state index in [1.807, 2.05) is 31.2 Å². The number of carbonyl (C=O) groups excluding carboxylic acids is 2. The minimum atomic E-state index is -0.479. The molecule has 1 aliphatic heterocycles. The summed E-state index contributed by atoms with van der Waals surface area (Å²) in [5, 5.41) is 3.32. The number of esters is 1. The predicted molar refractivity (Wildman–Crippen MR) is 108 cm³/mol. The molecular formula is C23H27NO4. The largest absolute Gasteiger partial charge is 0.497 e. The number of nitrogens with one attached hydrogen (secondary N) is 1. The van der Waals surface area contributed by atoms with Crippen LogP contribution in [-0.4, -0.2) is 25.5 Å². The monoisotopic (exact) mass is 381 g/mol. The summed E-state index contributed by atoms with van der Waals surface area (Å²) >= 11 is 0. The summed E-state index contributed by atoms with van der Waals surface area (Å²) in [4.78, 5) is 26.0. The number of methoxy groups -OCH3 is 1. The molecule has 0 unspecified atom stereocenters. The number of allylic oxidation sites excluding steroid dienone is 3. The van der Waals surface area contributed by atoms with E-state index in [0.717, 1.165) is 17.7 Å². The third-order valence-corrected chi connectivity index (χ3v) is 5.22. The predicted octanol–water partition coefficient (Wildman–Crippen LogP) is 4.03. The van der Waals surface area contributed by atoms with Crippen LogP contribution in [-0.2, 0) is 14.3 Å². The molecule has 0 radical (unpaired) electrons. The normalized spacial score (nSPS) is 21.0. The van der Waals surface area contributed by atoms with Crippen LogP contribution in [0.5, 0.6) is 5.75 Å². The van der Waals surface area contributed by atoms with Gasteiger partial charge in [0.1, 0.15) is 12.4 Å². The molecule has 0 spiro atoms. The third kappa shape index (κ3) is 3.75. The number of benzene rings is 1. The molecule has 1 aromatic carbocycles. The lowest BCUT2D eigenvalue weighted by molar-refractivity contribution is -0.138. The molecule has 28 heavy (non-hydrogen) atoms. The number of hydrogen-bond acceptors (Lipinski definition) is 5. The lowest BCUT2D eigenvalue weighted by Crippen LogP contribution is -2.38. The average molecular weight is 381 g/mol. The fourth-order valence-corrected chi connectivity index (χ4v) is 4.07. The second-order valence-electron chi connectivity index (χ2n) is 8.09. The van der Waals surface area contributed by atoms with Crippen LogP contribution < -0.4 is 10.1 Å². The van der Waals surface area contributed by atoms with E-state index in [4.69, 9.17) is 9.47 Å². The first-order chi connectivity index (χ1) is 13.3. The van der Waals surface area contributed by atoms with Crippen LogP contribution in [0, 0.1) is 5.41 Å². The van der Waals surface area contributed by atoms with Crippen molar-refractivity contribution >= 4 is 11.8 Å². The van der Waals surface area contributed by atoms with Gasteiger partial charge in [-0.3, -0.25) is 4.79 Å². The minimum Gasteiger partial charge on any atom is -0.497 e. The van der Waals surface area contributed by atoms with E-state index < -0.39 is 11.9 Å². The van der Waals surface area contributed by atoms with Gasteiger partial charge in [-0.25, -0.2) is 4.79 Å². The number of carbonyl (C=O) groups is 2. The molecule has 5 nitrogen and oxygen atoms in total. The number of ether oxygens (including phenoxy) is 2. The molecule has 0 aromatic heterocycles. The van der Waals surface area contributed by atoms with Crippen molar-refractivity contribution in [3.05, 3.63) is 65.0 Å². The van der Waals surface area contributed by atoms with E-state index in [1.54, 1.807) is 7.11 Å². The Bertz CT molecular complexity index is 892. The Labute approximate surface area is 166 Å². The van der Waals surface area contributed by atoms with Gasteiger partial charge in [-0.2, -0.15) is 0 Å². The Kier molecular flexibility index (Phi) is 5.45. The maximum atomic E-state index is 13.2. The van der Waals surface area contributed by atoms with Crippen molar-refractivity contribution in [2.24, 2.45) is 5.41 Å². The first-order valence-electron chi connectivity index (χ1n) is 9.43. The molecule has 2 aliphatic rings. The van der Waals surface area contributed by atoms with Gasteiger partial charge in [0.2, 0.25) is 0 Å². The minimum absolute atomic E-state index is 0.0630. The molecule has 5 heteroatoms. The molecule has 0 saturated heterocycles. The number of ketones is 1. The van der Waals surface area contributed by atoms with Gasteiger partial charge in [-0.05, 0) is 36.5 Å². The summed E-state index contributed by atoms with van der Waals surface area (Å²) in [6, 6.07) is 7.51. The van der Waals surface area contributed by atoms with Crippen molar-refractivity contribution in [2.75, 3.05) is 13.7 Å². The second kappa shape index (κ2) is 7.66. The molecule has 0 saturated carbocycles. The third-order valence-electron chi connectivity index (χ3n) is 5.22. The lowest BCUT2D eigenvalue weighted by atomic mass is 9.68. The van der Waals surface area contributed by atoms with Gasteiger partial charge in [-0.15, -0.1) is 0 Å². The van der Waals surface area contributed by atoms with Gasteiger partial charge in [0, 0.05) is 29.3 Å². The van der Waals surface area contributed by atoms with Crippen LogP contribution in [0.1, 0.15) is 45.1 Å². The van der Waals surface area contributed by atoms with E-state index in [9.17, 15) is 9.59 Å². The van der Waals surface area contributed by atoms with Crippen molar-refractivity contribution < 1.29 is 19.1 Å². The van der Waals surface area contributed by atoms with Crippen molar-refractivity contribution in [3.8, 4) is 5.75 Å². The van der Waals surface area contributed by atoms with Crippen LogP contribution in [0.4, 0.5) is 0 Å². The highest BCUT2D eigenvalue weighted by atomic mass is 16.5. The van der Waals surface area contributed by atoms with Gasteiger partial charge < -0.3 is 14.8 Å². The van der Waals surface area contributed by atoms with E-state index in [2.05, 4.69) is 25.7 Å². The molecule has 1 aromatic rings. The summed E-state index contributed by atoms with van der Waals surface area (Å²) in [6.07, 6.45) is 2.73. The highest BCUT2D eigenvalue weighted by Gasteiger charge is 2.43. The number of rotatable bonds is 5. The van der Waals surface area contributed by atoms with E-state index in [-0.39, 0.29) is 17.8 Å². The van der Waals surface area contributed by atoms with Crippen LogP contribution in [0.25, 0.3) is 0 Å². The Morgan fingerprint density at radius 1 is 1.36 bits per heavy atom. The first-order valence-corrected chi connectivity index (χ1v) is 9.43. The fourth-order valence-electron chi connectivity index (χ4n) is 4.07. The summed E-state index contributed by atoms with van der Waals surface area (Å²) in [5.41, 5.74) is 3.44. The van der Waals surface area contributed by atoms with Crippen molar-refractivity contribution in [1.29, 1.82) is 0 Å². The van der Waals surface area contributed by atoms with Crippen LogP contribution in [0.2, 0.25) is 0 Å². The van der Waals surface area contributed by atoms with Crippen molar-refractivity contribution in [3.63, 3.8) is 0 Å². The number of Topliss-reactive ketones (excluding diaryl/α,β-unsaturated/α-hetero) is 1. The molecule has 1 N–H and O–H groups in total. The van der Waals surface area contributed by atoms with Crippen LogP contribution in [0.15, 0.2) is 59.5 Å². The van der Waals surface area contributed by atoms with Gasteiger partial charge in [0.25, 0.3) is 0 Å². The molecule has 0 amide bonds. The number of hydrogen-bond donors (Lipinski definition) is 1. The Balaban J connectivity index is 2.16.